The van der Waals surface area contributed by atoms with Crippen LogP contribution in [0, 0.1) is 0 Å². The van der Waals surface area contributed by atoms with Gasteiger partial charge in [-0.05, 0) is 53.0 Å². The third-order valence-electron chi connectivity index (χ3n) is 3.43. The second kappa shape index (κ2) is 6.56. The van der Waals surface area contributed by atoms with Crippen molar-refractivity contribution >= 4 is 26.0 Å². The fraction of sp³-hybridized carbons (Fsp3) is 0.571. The molecule has 0 aliphatic heterocycles. The first kappa shape index (κ1) is 15.9. The van der Waals surface area contributed by atoms with Crippen LogP contribution in [0.15, 0.2) is 27.6 Å². The van der Waals surface area contributed by atoms with E-state index in [1.165, 1.54) is 0 Å². The predicted molar refractivity (Wildman–Crippen MR) is 84.1 cm³/mol. The minimum absolute atomic E-state index is 0.193. The van der Waals surface area contributed by atoms with Crippen molar-refractivity contribution in [2.45, 2.75) is 44.2 Å². The Labute approximate surface area is 129 Å². The van der Waals surface area contributed by atoms with Crippen molar-refractivity contribution in [2.24, 2.45) is 0 Å². The molecule has 112 valence electrons. The lowest BCUT2D eigenvalue weighted by atomic mass is 10.2. The lowest BCUT2D eigenvalue weighted by Gasteiger charge is -2.21. The van der Waals surface area contributed by atoms with E-state index in [1.807, 2.05) is 26.0 Å². The van der Waals surface area contributed by atoms with E-state index >= 15 is 0 Å². The summed E-state index contributed by atoms with van der Waals surface area (Å²) < 4.78 is 27.6. The molecule has 4 nitrogen and oxygen atoms in total. The van der Waals surface area contributed by atoms with E-state index in [1.54, 1.807) is 10.4 Å². The number of hydrogen-bond acceptors (Lipinski definition) is 3. The lowest BCUT2D eigenvalue weighted by molar-refractivity contribution is 0.420. The van der Waals surface area contributed by atoms with Crippen LogP contribution in [0.4, 0.5) is 0 Å². The fourth-order valence-electron chi connectivity index (χ4n) is 2.25. The summed E-state index contributed by atoms with van der Waals surface area (Å²) in [6.45, 7) is 6.10. The van der Waals surface area contributed by atoms with E-state index in [0.717, 1.165) is 31.5 Å². The highest BCUT2D eigenvalue weighted by Gasteiger charge is 2.37. The van der Waals surface area contributed by atoms with Gasteiger partial charge in [0, 0.05) is 23.6 Å². The van der Waals surface area contributed by atoms with E-state index in [0.29, 0.717) is 15.9 Å². The van der Waals surface area contributed by atoms with Crippen LogP contribution in [-0.2, 0) is 16.6 Å². The molecule has 0 heterocycles. The van der Waals surface area contributed by atoms with Crippen molar-refractivity contribution < 1.29 is 8.42 Å². The van der Waals surface area contributed by atoms with Gasteiger partial charge in [-0.15, -0.1) is 0 Å². The van der Waals surface area contributed by atoms with Gasteiger partial charge in [0.1, 0.15) is 0 Å². The molecular formula is C14H21BrN2O2S. The molecule has 0 unspecified atom stereocenters. The van der Waals surface area contributed by atoms with E-state index in [-0.39, 0.29) is 6.04 Å². The Bertz CT molecular complexity index is 571. The summed E-state index contributed by atoms with van der Waals surface area (Å²) in [6, 6.07) is 5.66. The van der Waals surface area contributed by atoms with Gasteiger partial charge >= 0.3 is 0 Å². The Kier molecular flexibility index (Phi) is 5.23. The van der Waals surface area contributed by atoms with Gasteiger partial charge in [-0.3, -0.25) is 0 Å². The number of benzene rings is 1. The molecule has 1 aliphatic rings. The largest absolute Gasteiger partial charge is 0.313 e. The first-order valence-corrected chi connectivity index (χ1v) is 9.25. The molecular weight excluding hydrogens is 340 g/mol. The van der Waals surface area contributed by atoms with Gasteiger partial charge < -0.3 is 5.32 Å². The minimum atomic E-state index is -3.39. The maximum Gasteiger partial charge on any atom is 0.244 e. The van der Waals surface area contributed by atoms with E-state index in [4.69, 9.17) is 0 Å². The van der Waals surface area contributed by atoms with Gasteiger partial charge in [0.2, 0.25) is 10.0 Å². The minimum Gasteiger partial charge on any atom is -0.313 e. The summed E-state index contributed by atoms with van der Waals surface area (Å²) in [5.74, 6) is 0. The molecule has 0 saturated heterocycles. The van der Waals surface area contributed by atoms with Crippen molar-refractivity contribution in [3.8, 4) is 0 Å². The second-order valence-corrected chi connectivity index (χ2v) is 7.70. The summed E-state index contributed by atoms with van der Waals surface area (Å²) >= 11 is 3.41. The van der Waals surface area contributed by atoms with Crippen LogP contribution < -0.4 is 5.32 Å². The van der Waals surface area contributed by atoms with Gasteiger partial charge in [-0.25, -0.2) is 8.42 Å². The van der Waals surface area contributed by atoms with Gasteiger partial charge in [0.25, 0.3) is 0 Å². The third-order valence-corrected chi connectivity index (χ3v) is 6.43. The van der Waals surface area contributed by atoms with E-state index in [2.05, 4.69) is 21.2 Å². The average Bonchev–Trinajstić information content (AvgIpc) is 3.21. The molecule has 1 aromatic carbocycles. The number of rotatable bonds is 7. The van der Waals surface area contributed by atoms with Crippen LogP contribution in [0.1, 0.15) is 32.3 Å². The molecule has 20 heavy (non-hydrogen) atoms. The molecule has 1 aromatic rings. The zero-order valence-electron chi connectivity index (χ0n) is 11.9. The van der Waals surface area contributed by atoms with Crippen molar-refractivity contribution in [1.29, 1.82) is 0 Å². The van der Waals surface area contributed by atoms with Crippen molar-refractivity contribution in [3.63, 3.8) is 0 Å². The summed E-state index contributed by atoms with van der Waals surface area (Å²) in [6.07, 6.45) is 1.95. The zero-order chi connectivity index (χ0) is 14.8. The zero-order valence-corrected chi connectivity index (χ0v) is 14.3. The Balaban J connectivity index is 2.27. The fourth-order valence-corrected chi connectivity index (χ4v) is 5.03. The molecule has 0 bridgehead atoms. The van der Waals surface area contributed by atoms with Crippen molar-refractivity contribution in [3.05, 3.63) is 28.2 Å². The predicted octanol–water partition coefficient (Wildman–Crippen LogP) is 2.73. The average molecular weight is 361 g/mol. The Morgan fingerprint density at radius 2 is 2.05 bits per heavy atom. The normalized spacial score (nSPS) is 15.8. The van der Waals surface area contributed by atoms with Gasteiger partial charge in [0.15, 0.2) is 0 Å². The van der Waals surface area contributed by atoms with E-state index in [9.17, 15) is 8.42 Å². The van der Waals surface area contributed by atoms with Gasteiger partial charge in [-0.2, -0.15) is 4.31 Å². The number of nitrogens with one attached hydrogen (secondary N) is 1. The van der Waals surface area contributed by atoms with Crippen LogP contribution in [0.5, 0.6) is 0 Å². The number of hydrogen-bond donors (Lipinski definition) is 1. The summed E-state index contributed by atoms with van der Waals surface area (Å²) in [4.78, 5) is 0.367. The molecule has 1 aliphatic carbocycles. The molecule has 0 atom stereocenters. The smallest absolute Gasteiger partial charge is 0.244 e. The van der Waals surface area contributed by atoms with Crippen LogP contribution in [0.3, 0.4) is 0 Å². The molecule has 6 heteroatoms. The van der Waals surface area contributed by atoms with Crippen LogP contribution in [-0.4, -0.2) is 31.9 Å². The Morgan fingerprint density at radius 3 is 2.55 bits per heavy atom. The number of sulfonamides is 1. The quantitative estimate of drug-likeness (QED) is 0.813. The highest BCUT2D eigenvalue weighted by Crippen LogP contribution is 2.34. The number of nitrogens with zero attached hydrogens (tertiary/aromatic N) is 1. The second-order valence-electron chi connectivity index (χ2n) is 4.98. The molecule has 0 radical (unpaired) electrons. The molecule has 0 spiro atoms. The maximum atomic E-state index is 12.7. The summed E-state index contributed by atoms with van der Waals surface area (Å²) in [5.41, 5.74) is 1.08. The maximum absolute atomic E-state index is 12.7. The summed E-state index contributed by atoms with van der Waals surface area (Å²) in [7, 11) is -3.39. The molecule has 1 saturated carbocycles. The SMILES string of the molecule is CCNCc1ccc(S(=O)(=O)N(CC)C2CC2)c(Br)c1. The molecule has 1 fully saturated rings. The Morgan fingerprint density at radius 1 is 1.35 bits per heavy atom. The number of halogens is 1. The molecule has 1 N–H and O–H groups in total. The Hall–Kier alpha value is -0.430. The topological polar surface area (TPSA) is 49.4 Å². The van der Waals surface area contributed by atoms with Gasteiger partial charge in [0.05, 0.1) is 4.90 Å². The summed E-state index contributed by atoms with van der Waals surface area (Å²) in [5, 5.41) is 3.23. The van der Waals surface area contributed by atoms with Crippen LogP contribution in [0.25, 0.3) is 0 Å². The lowest BCUT2D eigenvalue weighted by Crippen LogP contribution is -2.33. The highest BCUT2D eigenvalue weighted by molar-refractivity contribution is 9.10. The third kappa shape index (κ3) is 3.42. The molecule has 0 amide bonds. The first-order valence-electron chi connectivity index (χ1n) is 7.01. The van der Waals surface area contributed by atoms with Gasteiger partial charge in [-0.1, -0.05) is 19.9 Å². The highest BCUT2D eigenvalue weighted by atomic mass is 79.9. The molecule has 0 aromatic heterocycles. The van der Waals surface area contributed by atoms with Crippen molar-refractivity contribution in [2.75, 3.05) is 13.1 Å². The monoisotopic (exact) mass is 360 g/mol. The standard InChI is InChI=1S/C14H21BrN2O2S/c1-3-16-10-11-5-8-14(13(15)9-11)20(18,19)17(4-2)12-6-7-12/h5,8-9,12,16H,3-4,6-7,10H2,1-2H3. The first-order chi connectivity index (χ1) is 9.50. The van der Waals surface area contributed by atoms with Crippen molar-refractivity contribution in [1.82, 2.24) is 9.62 Å². The van der Waals surface area contributed by atoms with E-state index < -0.39 is 10.0 Å². The van der Waals surface area contributed by atoms with Crippen LogP contribution >= 0.6 is 15.9 Å². The van der Waals surface area contributed by atoms with Crippen LogP contribution in [0.2, 0.25) is 0 Å². The molecule has 2 rings (SSSR count).